The van der Waals surface area contributed by atoms with Crippen LogP contribution in [0.1, 0.15) is 39.7 Å². The van der Waals surface area contributed by atoms with Crippen LogP contribution in [0.15, 0.2) is 24.3 Å². The highest BCUT2D eigenvalue weighted by Crippen LogP contribution is 2.20. The summed E-state index contributed by atoms with van der Waals surface area (Å²) in [4.78, 5) is 0. The summed E-state index contributed by atoms with van der Waals surface area (Å²) in [6.07, 6.45) is 2.24. The van der Waals surface area contributed by atoms with E-state index < -0.39 is 0 Å². The monoisotopic (exact) mass is 253 g/mol. The van der Waals surface area contributed by atoms with E-state index >= 15 is 0 Å². The van der Waals surface area contributed by atoms with Gasteiger partial charge in [0.1, 0.15) is 0 Å². The molecule has 1 unspecified atom stereocenters. The lowest BCUT2D eigenvalue weighted by Crippen LogP contribution is -2.37. The van der Waals surface area contributed by atoms with Gasteiger partial charge in [0.25, 0.3) is 0 Å². The molecule has 0 bridgehead atoms. The second kappa shape index (κ2) is 6.42. The van der Waals surface area contributed by atoms with Crippen LogP contribution in [0.2, 0.25) is 5.02 Å². The highest BCUT2D eigenvalue weighted by atomic mass is 35.5. The van der Waals surface area contributed by atoms with Crippen molar-refractivity contribution in [2.45, 2.75) is 46.1 Å². The van der Waals surface area contributed by atoms with Gasteiger partial charge in [-0.3, -0.25) is 0 Å². The Bertz CT molecular complexity index is 341. The van der Waals surface area contributed by atoms with Crippen molar-refractivity contribution in [1.29, 1.82) is 0 Å². The van der Waals surface area contributed by atoms with Crippen LogP contribution in [-0.2, 0) is 6.42 Å². The summed E-state index contributed by atoms with van der Waals surface area (Å²) in [6.45, 7) is 9.95. The maximum atomic E-state index is 6.16. The first-order valence-electron chi connectivity index (χ1n) is 6.37. The van der Waals surface area contributed by atoms with Gasteiger partial charge in [0.2, 0.25) is 0 Å². The third-order valence-corrected chi connectivity index (χ3v) is 3.19. The first kappa shape index (κ1) is 14.5. The van der Waals surface area contributed by atoms with E-state index in [1.165, 1.54) is 12.0 Å². The van der Waals surface area contributed by atoms with Crippen molar-refractivity contribution >= 4 is 11.6 Å². The maximum Gasteiger partial charge on any atom is 0.0438 e. The van der Waals surface area contributed by atoms with Gasteiger partial charge in [0, 0.05) is 10.6 Å². The van der Waals surface area contributed by atoms with Crippen LogP contribution in [0.4, 0.5) is 0 Å². The molecule has 0 fully saturated rings. The summed E-state index contributed by atoms with van der Waals surface area (Å²) in [5.74, 6) is 0.657. The third-order valence-electron chi connectivity index (χ3n) is 2.82. The predicted molar refractivity (Wildman–Crippen MR) is 76.7 cm³/mol. The van der Waals surface area contributed by atoms with Crippen LogP contribution in [0.25, 0.3) is 0 Å². The Morgan fingerprint density at radius 3 is 2.47 bits per heavy atom. The van der Waals surface area contributed by atoms with Gasteiger partial charge in [0.05, 0.1) is 0 Å². The fourth-order valence-corrected chi connectivity index (χ4v) is 2.05. The number of hydrogen-bond acceptors (Lipinski definition) is 1. The number of halogens is 1. The molecule has 1 aromatic rings. The van der Waals surface area contributed by atoms with Gasteiger partial charge < -0.3 is 5.32 Å². The highest BCUT2D eigenvalue weighted by molar-refractivity contribution is 6.31. The number of nitrogens with one attached hydrogen (secondary N) is 1. The summed E-state index contributed by atoms with van der Waals surface area (Å²) in [5, 5.41) is 4.41. The summed E-state index contributed by atoms with van der Waals surface area (Å²) in [6, 6.07) is 8.13. The standard InChI is InChI=1S/C15H24ClN/c1-12(9-10-17-15(2,3)4)11-13-7-5-6-8-14(13)16/h5-8,12,17H,9-11H2,1-4H3. The van der Waals surface area contributed by atoms with Gasteiger partial charge in [-0.15, -0.1) is 0 Å². The van der Waals surface area contributed by atoms with Crippen molar-refractivity contribution in [3.63, 3.8) is 0 Å². The van der Waals surface area contributed by atoms with Crippen molar-refractivity contribution in [2.75, 3.05) is 6.54 Å². The zero-order valence-electron chi connectivity index (χ0n) is 11.4. The Morgan fingerprint density at radius 1 is 1.24 bits per heavy atom. The molecule has 0 saturated heterocycles. The summed E-state index contributed by atoms with van der Waals surface area (Å²) in [5.41, 5.74) is 1.47. The fraction of sp³-hybridized carbons (Fsp3) is 0.600. The SMILES string of the molecule is CC(CCNC(C)(C)C)Cc1ccccc1Cl. The van der Waals surface area contributed by atoms with E-state index in [4.69, 9.17) is 11.6 Å². The normalized spacial score (nSPS) is 13.7. The van der Waals surface area contributed by atoms with E-state index in [2.05, 4.69) is 45.1 Å². The molecule has 0 aliphatic carbocycles. The molecule has 17 heavy (non-hydrogen) atoms. The van der Waals surface area contributed by atoms with Gasteiger partial charge in [0.15, 0.2) is 0 Å². The van der Waals surface area contributed by atoms with Gasteiger partial charge in [-0.2, -0.15) is 0 Å². The molecule has 0 aliphatic heterocycles. The molecule has 1 N–H and O–H groups in total. The number of benzene rings is 1. The van der Waals surface area contributed by atoms with E-state index in [0.29, 0.717) is 5.92 Å². The summed E-state index contributed by atoms with van der Waals surface area (Å²) in [7, 11) is 0. The van der Waals surface area contributed by atoms with Crippen molar-refractivity contribution in [3.8, 4) is 0 Å². The van der Waals surface area contributed by atoms with Crippen molar-refractivity contribution in [2.24, 2.45) is 5.92 Å². The van der Waals surface area contributed by atoms with Gasteiger partial charge in [-0.05, 0) is 57.7 Å². The molecule has 1 aromatic carbocycles. The lowest BCUT2D eigenvalue weighted by atomic mass is 9.97. The van der Waals surface area contributed by atoms with Gasteiger partial charge in [-0.1, -0.05) is 36.7 Å². The molecule has 0 radical (unpaired) electrons. The first-order chi connectivity index (χ1) is 7.88. The van der Waals surface area contributed by atoms with Crippen molar-refractivity contribution < 1.29 is 0 Å². The van der Waals surface area contributed by atoms with Crippen molar-refractivity contribution in [3.05, 3.63) is 34.9 Å². The van der Waals surface area contributed by atoms with Crippen LogP contribution in [0.5, 0.6) is 0 Å². The Labute approximate surface area is 111 Å². The van der Waals surface area contributed by atoms with Crippen LogP contribution < -0.4 is 5.32 Å². The van der Waals surface area contributed by atoms with Gasteiger partial charge in [-0.25, -0.2) is 0 Å². The van der Waals surface area contributed by atoms with Gasteiger partial charge >= 0.3 is 0 Å². The van der Waals surface area contributed by atoms with E-state index in [1.807, 2.05) is 12.1 Å². The van der Waals surface area contributed by atoms with Crippen LogP contribution in [-0.4, -0.2) is 12.1 Å². The molecule has 0 aliphatic rings. The third kappa shape index (κ3) is 6.09. The molecule has 2 heteroatoms. The number of rotatable bonds is 5. The molecule has 0 spiro atoms. The molecular formula is C15H24ClN. The Hall–Kier alpha value is -0.530. The van der Waals surface area contributed by atoms with E-state index in [0.717, 1.165) is 18.0 Å². The topological polar surface area (TPSA) is 12.0 Å². The van der Waals surface area contributed by atoms with Crippen LogP contribution >= 0.6 is 11.6 Å². The second-order valence-corrected chi connectivity index (χ2v) is 6.27. The predicted octanol–water partition coefficient (Wildman–Crippen LogP) is 4.30. The lowest BCUT2D eigenvalue weighted by Gasteiger charge is -2.22. The molecule has 0 aromatic heterocycles. The molecule has 96 valence electrons. The largest absolute Gasteiger partial charge is 0.312 e. The van der Waals surface area contributed by atoms with E-state index in [9.17, 15) is 0 Å². The van der Waals surface area contributed by atoms with Crippen molar-refractivity contribution in [1.82, 2.24) is 5.32 Å². The van der Waals surface area contributed by atoms with Crippen LogP contribution in [0.3, 0.4) is 0 Å². The lowest BCUT2D eigenvalue weighted by molar-refractivity contribution is 0.394. The zero-order valence-corrected chi connectivity index (χ0v) is 12.1. The minimum Gasteiger partial charge on any atom is -0.312 e. The average Bonchev–Trinajstić information content (AvgIpc) is 2.19. The Morgan fingerprint density at radius 2 is 1.88 bits per heavy atom. The first-order valence-corrected chi connectivity index (χ1v) is 6.75. The molecule has 1 rings (SSSR count). The molecular weight excluding hydrogens is 230 g/mol. The maximum absolute atomic E-state index is 6.16. The van der Waals surface area contributed by atoms with E-state index in [1.54, 1.807) is 0 Å². The van der Waals surface area contributed by atoms with E-state index in [-0.39, 0.29) is 5.54 Å². The van der Waals surface area contributed by atoms with Crippen LogP contribution in [0, 0.1) is 5.92 Å². The molecule has 1 nitrogen and oxygen atoms in total. The molecule has 0 heterocycles. The number of hydrogen-bond donors (Lipinski definition) is 1. The summed E-state index contributed by atoms with van der Waals surface area (Å²) >= 11 is 6.16. The molecule has 0 amide bonds. The highest BCUT2D eigenvalue weighted by Gasteiger charge is 2.10. The summed E-state index contributed by atoms with van der Waals surface area (Å²) < 4.78 is 0. The minimum absolute atomic E-state index is 0.212. The zero-order chi connectivity index (χ0) is 12.9. The second-order valence-electron chi connectivity index (χ2n) is 5.87. The Kier molecular flexibility index (Phi) is 5.48. The quantitative estimate of drug-likeness (QED) is 0.825. The average molecular weight is 254 g/mol. The molecule has 0 saturated carbocycles. The molecule has 1 atom stereocenters. The smallest absolute Gasteiger partial charge is 0.0438 e. The fourth-order valence-electron chi connectivity index (χ4n) is 1.83. The Balaban J connectivity index is 2.35. The minimum atomic E-state index is 0.212.